The molecule has 10 heteroatoms. The second-order valence-corrected chi connectivity index (χ2v) is 11.8. The first kappa shape index (κ1) is 26.6. The number of para-hydroxylation sites is 1. The number of ether oxygens (including phenoxy) is 1. The summed E-state index contributed by atoms with van der Waals surface area (Å²) in [5.41, 5.74) is 2.90. The monoisotopic (exact) mass is 749 g/mol. The van der Waals surface area contributed by atoms with Gasteiger partial charge in [-0.25, -0.2) is 4.99 Å². The fourth-order valence-electron chi connectivity index (χ4n) is 4.25. The summed E-state index contributed by atoms with van der Waals surface area (Å²) in [4.78, 5) is 32.7. The summed E-state index contributed by atoms with van der Waals surface area (Å²) in [5.74, 6) is 0.567. The van der Waals surface area contributed by atoms with Gasteiger partial charge >= 0.3 is 0 Å². The van der Waals surface area contributed by atoms with Gasteiger partial charge in [0.1, 0.15) is 11.5 Å². The quantitative estimate of drug-likeness (QED) is 0.287. The van der Waals surface area contributed by atoms with Crippen LogP contribution < -0.4 is 24.9 Å². The van der Waals surface area contributed by atoms with E-state index in [1.807, 2.05) is 66.7 Å². The minimum Gasteiger partial charge on any atom is -0.506 e. The number of hydrogen-bond acceptors (Lipinski definition) is 6. The zero-order valence-corrected chi connectivity index (χ0v) is 25.4. The van der Waals surface area contributed by atoms with Gasteiger partial charge in [-0.05, 0) is 106 Å². The van der Waals surface area contributed by atoms with Crippen LogP contribution in [0.2, 0.25) is 0 Å². The summed E-state index contributed by atoms with van der Waals surface area (Å²) < 4.78 is 8.78. The molecule has 2 N–H and O–H groups in total. The van der Waals surface area contributed by atoms with Crippen molar-refractivity contribution < 1.29 is 14.6 Å². The highest BCUT2D eigenvalue weighted by atomic mass is 127. The van der Waals surface area contributed by atoms with Gasteiger partial charge in [-0.15, -0.1) is 0 Å². The zero-order valence-electron chi connectivity index (χ0n) is 20.2. The molecule has 0 bridgehead atoms. The summed E-state index contributed by atoms with van der Waals surface area (Å²) in [7, 11) is 1.59. The predicted molar refractivity (Wildman–Crippen MR) is 165 cm³/mol. The van der Waals surface area contributed by atoms with E-state index in [1.165, 1.54) is 11.3 Å². The van der Waals surface area contributed by atoms with Gasteiger partial charge in [0.15, 0.2) is 4.80 Å². The third kappa shape index (κ3) is 5.16. The van der Waals surface area contributed by atoms with Crippen LogP contribution in [-0.4, -0.2) is 22.7 Å². The molecule has 7 nitrogen and oxygen atoms in total. The molecule has 1 aromatic heterocycles. The molecule has 0 fully saturated rings. The van der Waals surface area contributed by atoms with Gasteiger partial charge in [0.25, 0.3) is 11.5 Å². The molecule has 4 aromatic rings. The first-order valence-corrected chi connectivity index (χ1v) is 14.4. The van der Waals surface area contributed by atoms with E-state index in [9.17, 15) is 14.7 Å². The number of hydrogen-bond donors (Lipinski definition) is 2. The van der Waals surface area contributed by atoms with Crippen LogP contribution in [0.5, 0.6) is 11.5 Å². The third-order valence-electron chi connectivity index (χ3n) is 6.07. The van der Waals surface area contributed by atoms with Crippen molar-refractivity contribution in [3.8, 4) is 11.5 Å². The van der Waals surface area contributed by atoms with Crippen molar-refractivity contribution >= 4 is 74.2 Å². The number of phenols is 1. The molecule has 192 valence electrons. The summed E-state index contributed by atoms with van der Waals surface area (Å²) in [6, 6.07) is 19.5. The second kappa shape index (κ2) is 11.0. The predicted octanol–water partition coefficient (Wildman–Crippen LogP) is 4.80. The van der Waals surface area contributed by atoms with Gasteiger partial charge in [-0.1, -0.05) is 41.7 Å². The maximum absolute atomic E-state index is 13.8. The number of amides is 1. The van der Waals surface area contributed by atoms with Gasteiger partial charge in [0, 0.05) is 5.69 Å². The van der Waals surface area contributed by atoms with E-state index in [4.69, 9.17) is 4.74 Å². The van der Waals surface area contributed by atoms with Crippen LogP contribution >= 0.6 is 56.5 Å². The van der Waals surface area contributed by atoms with Crippen LogP contribution in [0.4, 0.5) is 5.69 Å². The average Bonchev–Trinajstić information content (AvgIpc) is 3.21. The highest BCUT2D eigenvalue weighted by Gasteiger charge is 2.32. The lowest BCUT2D eigenvalue weighted by molar-refractivity contribution is -0.113. The zero-order chi connectivity index (χ0) is 27.0. The standard InChI is InChI=1S/C28H21I2N3O4S/c1-15-23(26(35)32-18-6-4-3-5-7-18)24(17-8-10-19(37-2)11-9-17)33-27(36)22(38-28(33)31-15)14-16-12-20(29)25(34)21(30)13-16/h3-14,24,34H,1-2H3,(H,32,35)/b22-14+/t24-/m1/s1. The molecule has 38 heavy (non-hydrogen) atoms. The molecule has 0 saturated carbocycles. The molecule has 1 amide bonds. The Morgan fingerprint density at radius 1 is 1.11 bits per heavy atom. The minimum absolute atomic E-state index is 0.217. The molecule has 0 spiro atoms. The number of rotatable bonds is 5. The Labute approximate surface area is 249 Å². The summed E-state index contributed by atoms with van der Waals surface area (Å²) in [6.45, 7) is 1.79. The second-order valence-electron chi connectivity index (χ2n) is 8.51. The number of carbonyl (C=O) groups excluding carboxylic acids is 1. The van der Waals surface area contributed by atoms with E-state index in [0.717, 1.165) is 11.1 Å². The van der Waals surface area contributed by atoms with Crippen molar-refractivity contribution in [2.45, 2.75) is 13.0 Å². The fraction of sp³-hybridized carbons (Fsp3) is 0.107. The number of methoxy groups -OCH3 is 1. The molecule has 5 rings (SSSR count). The molecule has 0 aliphatic carbocycles. The fourth-order valence-corrected chi connectivity index (χ4v) is 7.12. The average molecular weight is 749 g/mol. The van der Waals surface area contributed by atoms with Crippen LogP contribution in [0, 0.1) is 7.14 Å². The Morgan fingerprint density at radius 3 is 2.39 bits per heavy atom. The molecule has 0 saturated heterocycles. The van der Waals surface area contributed by atoms with Gasteiger partial charge in [-0.3, -0.25) is 14.2 Å². The van der Waals surface area contributed by atoms with Crippen molar-refractivity contribution in [2.75, 3.05) is 12.4 Å². The van der Waals surface area contributed by atoms with Crippen LogP contribution in [0.1, 0.15) is 24.1 Å². The van der Waals surface area contributed by atoms with Gasteiger partial charge in [-0.2, -0.15) is 0 Å². The number of anilines is 1. The van der Waals surface area contributed by atoms with E-state index in [1.54, 1.807) is 24.7 Å². The summed E-state index contributed by atoms with van der Waals surface area (Å²) in [5, 5.41) is 13.1. The maximum Gasteiger partial charge on any atom is 0.271 e. The third-order valence-corrected chi connectivity index (χ3v) is 8.69. The van der Waals surface area contributed by atoms with Crippen LogP contribution in [0.3, 0.4) is 0 Å². The Kier molecular flexibility index (Phi) is 7.73. The topological polar surface area (TPSA) is 92.9 Å². The number of allylic oxidation sites excluding steroid dienone is 1. The highest BCUT2D eigenvalue weighted by molar-refractivity contribution is 14.1. The number of nitrogens with one attached hydrogen (secondary N) is 1. The lowest BCUT2D eigenvalue weighted by Crippen LogP contribution is -2.40. The lowest BCUT2D eigenvalue weighted by Gasteiger charge is -2.25. The number of halogens is 2. The summed E-state index contributed by atoms with van der Waals surface area (Å²) in [6.07, 6.45) is 1.79. The van der Waals surface area contributed by atoms with E-state index in [-0.39, 0.29) is 17.2 Å². The van der Waals surface area contributed by atoms with Crippen LogP contribution in [-0.2, 0) is 4.79 Å². The van der Waals surface area contributed by atoms with Crippen molar-refractivity contribution in [1.29, 1.82) is 0 Å². The number of aromatic hydroxyl groups is 1. The SMILES string of the molecule is COc1ccc([C@@H]2C(C(=O)Nc3ccccc3)=C(C)N=c3s/c(=C/c4cc(I)c(O)c(I)c4)c(=O)n32)cc1. The Bertz CT molecular complexity index is 1740. The molecule has 1 aliphatic heterocycles. The highest BCUT2D eigenvalue weighted by Crippen LogP contribution is 2.32. The molecule has 0 unspecified atom stereocenters. The first-order chi connectivity index (χ1) is 18.3. The van der Waals surface area contributed by atoms with Crippen LogP contribution in [0.25, 0.3) is 6.08 Å². The van der Waals surface area contributed by atoms with E-state index >= 15 is 0 Å². The smallest absolute Gasteiger partial charge is 0.271 e. The van der Waals surface area contributed by atoms with Gasteiger partial charge < -0.3 is 15.2 Å². The lowest BCUT2D eigenvalue weighted by atomic mass is 9.95. The number of carbonyl (C=O) groups is 1. The van der Waals surface area contributed by atoms with Gasteiger partial charge in [0.2, 0.25) is 0 Å². The number of thiazole rings is 1. The molecule has 1 atom stereocenters. The maximum atomic E-state index is 13.8. The number of nitrogens with zero attached hydrogens (tertiary/aromatic N) is 2. The van der Waals surface area contributed by atoms with Crippen molar-refractivity contribution in [1.82, 2.24) is 4.57 Å². The van der Waals surface area contributed by atoms with E-state index in [0.29, 0.717) is 39.2 Å². The van der Waals surface area contributed by atoms with E-state index in [2.05, 4.69) is 55.5 Å². The first-order valence-electron chi connectivity index (χ1n) is 11.5. The molecule has 3 aromatic carbocycles. The number of fused-ring (bicyclic) bond motifs is 1. The van der Waals surface area contributed by atoms with Crippen molar-refractivity contribution in [3.63, 3.8) is 0 Å². The van der Waals surface area contributed by atoms with E-state index < -0.39 is 6.04 Å². The molecule has 0 radical (unpaired) electrons. The number of aromatic nitrogens is 1. The van der Waals surface area contributed by atoms with Crippen molar-refractivity contribution in [3.05, 3.63) is 116 Å². The normalized spacial score (nSPS) is 15.2. The molecule has 2 heterocycles. The largest absolute Gasteiger partial charge is 0.506 e. The number of benzene rings is 3. The van der Waals surface area contributed by atoms with Gasteiger partial charge in [0.05, 0.1) is 36.1 Å². The molecular formula is C28H21I2N3O4S. The molecular weight excluding hydrogens is 728 g/mol. The Balaban J connectivity index is 1.68. The molecule has 1 aliphatic rings. The Morgan fingerprint density at radius 2 is 1.76 bits per heavy atom. The summed E-state index contributed by atoms with van der Waals surface area (Å²) >= 11 is 5.40. The number of phenolic OH excluding ortho intramolecular Hbond substituents is 1. The Hall–Kier alpha value is -2.97. The minimum atomic E-state index is -0.678. The van der Waals surface area contributed by atoms with Crippen molar-refractivity contribution in [2.24, 2.45) is 4.99 Å². The van der Waals surface area contributed by atoms with Crippen LogP contribution in [0.15, 0.2) is 87.8 Å².